The molecule has 70 valence electrons. The lowest BCUT2D eigenvalue weighted by Gasteiger charge is -2.06. The predicted octanol–water partition coefficient (Wildman–Crippen LogP) is 2.58. The summed E-state index contributed by atoms with van der Waals surface area (Å²) in [6.07, 6.45) is 0.816. The second-order valence-corrected chi connectivity index (χ2v) is 2.66. The molecule has 0 saturated heterocycles. The highest BCUT2D eigenvalue weighted by molar-refractivity contribution is 5.91. The smallest absolute Gasteiger partial charge is 0.216 e. The van der Waals surface area contributed by atoms with E-state index in [9.17, 15) is 4.39 Å². The molecule has 0 spiro atoms. The molecule has 0 saturated carbocycles. The Labute approximate surface area is 76.9 Å². The average molecular weight is 181 g/mol. The number of nitrogens with one attached hydrogen (secondary N) is 1. The van der Waals surface area contributed by atoms with E-state index in [2.05, 4.69) is 0 Å². The first-order valence-electron chi connectivity index (χ1n) is 4.22. The second kappa shape index (κ2) is 4.60. The molecule has 0 aliphatic heterocycles. The Bertz CT molecular complexity index is 299. The molecular formula is C10H12FNO. The molecule has 1 aromatic carbocycles. The zero-order valence-corrected chi connectivity index (χ0v) is 7.51. The van der Waals surface area contributed by atoms with Crippen molar-refractivity contribution in [2.75, 3.05) is 6.61 Å². The van der Waals surface area contributed by atoms with Crippen molar-refractivity contribution >= 4 is 5.90 Å². The van der Waals surface area contributed by atoms with Crippen LogP contribution in [0.3, 0.4) is 0 Å². The first kappa shape index (κ1) is 9.71. The Morgan fingerprint density at radius 1 is 1.46 bits per heavy atom. The molecule has 0 atom stereocenters. The fraction of sp³-hybridized carbons (Fsp3) is 0.300. The van der Waals surface area contributed by atoms with E-state index in [-0.39, 0.29) is 11.5 Å². The normalized spacial score (nSPS) is 9.69. The highest BCUT2D eigenvalue weighted by Gasteiger charge is 2.06. The lowest BCUT2D eigenvalue weighted by Crippen LogP contribution is -2.07. The van der Waals surface area contributed by atoms with Crippen LogP contribution in [0, 0.1) is 11.2 Å². The summed E-state index contributed by atoms with van der Waals surface area (Å²) in [6, 6.07) is 6.13. The Kier molecular flexibility index (Phi) is 3.43. The molecule has 1 rings (SSSR count). The van der Waals surface area contributed by atoms with Gasteiger partial charge in [-0.2, -0.15) is 0 Å². The molecule has 0 bridgehead atoms. The Balaban J connectivity index is 2.71. The van der Waals surface area contributed by atoms with Gasteiger partial charge in [0.05, 0.1) is 12.2 Å². The molecule has 0 fully saturated rings. The van der Waals surface area contributed by atoms with E-state index in [0.717, 1.165) is 6.42 Å². The SMILES string of the molecule is CCCOC(=N)c1ccccc1F. The number of ether oxygens (including phenoxy) is 1. The standard InChI is InChI=1S/C10H12FNO/c1-2-7-13-10(12)8-5-3-4-6-9(8)11/h3-6,12H,2,7H2,1H3. The number of halogens is 1. The van der Waals surface area contributed by atoms with Crippen LogP contribution in [0.15, 0.2) is 24.3 Å². The van der Waals surface area contributed by atoms with Crippen LogP contribution in [-0.4, -0.2) is 12.5 Å². The minimum atomic E-state index is -0.413. The van der Waals surface area contributed by atoms with Gasteiger partial charge in [-0.25, -0.2) is 4.39 Å². The summed E-state index contributed by atoms with van der Waals surface area (Å²) in [4.78, 5) is 0. The fourth-order valence-corrected chi connectivity index (χ4v) is 0.927. The number of hydrogen-bond donors (Lipinski definition) is 1. The number of benzene rings is 1. The van der Waals surface area contributed by atoms with E-state index in [1.54, 1.807) is 12.1 Å². The van der Waals surface area contributed by atoms with Crippen LogP contribution in [0.25, 0.3) is 0 Å². The summed E-state index contributed by atoms with van der Waals surface area (Å²) >= 11 is 0. The van der Waals surface area contributed by atoms with Gasteiger partial charge in [-0.05, 0) is 18.6 Å². The minimum Gasteiger partial charge on any atom is -0.478 e. The Hall–Kier alpha value is -1.38. The highest BCUT2D eigenvalue weighted by atomic mass is 19.1. The van der Waals surface area contributed by atoms with Crippen LogP contribution in [0.2, 0.25) is 0 Å². The zero-order chi connectivity index (χ0) is 9.68. The van der Waals surface area contributed by atoms with Crippen molar-refractivity contribution < 1.29 is 9.13 Å². The van der Waals surface area contributed by atoms with Crippen molar-refractivity contribution in [1.82, 2.24) is 0 Å². The molecule has 2 nitrogen and oxygen atoms in total. The molecule has 0 aromatic heterocycles. The van der Waals surface area contributed by atoms with E-state index in [0.29, 0.717) is 6.61 Å². The van der Waals surface area contributed by atoms with Crippen molar-refractivity contribution in [1.29, 1.82) is 5.41 Å². The summed E-state index contributed by atoms with van der Waals surface area (Å²) in [6.45, 7) is 2.39. The molecule has 1 N–H and O–H groups in total. The summed E-state index contributed by atoms with van der Waals surface area (Å²) in [5.74, 6) is -0.511. The van der Waals surface area contributed by atoms with Gasteiger partial charge in [0, 0.05) is 0 Å². The van der Waals surface area contributed by atoms with Crippen LogP contribution >= 0.6 is 0 Å². The quantitative estimate of drug-likeness (QED) is 0.564. The minimum absolute atomic E-state index is 0.0973. The summed E-state index contributed by atoms with van der Waals surface area (Å²) in [5, 5.41) is 7.41. The summed E-state index contributed by atoms with van der Waals surface area (Å²) in [5.41, 5.74) is 0.218. The van der Waals surface area contributed by atoms with Crippen LogP contribution in [0.1, 0.15) is 18.9 Å². The third kappa shape index (κ3) is 2.54. The van der Waals surface area contributed by atoms with E-state index in [1.807, 2.05) is 6.92 Å². The first-order valence-corrected chi connectivity index (χ1v) is 4.22. The molecule has 0 unspecified atom stereocenters. The van der Waals surface area contributed by atoms with Gasteiger partial charge in [0.1, 0.15) is 5.82 Å². The maximum absolute atomic E-state index is 13.0. The Morgan fingerprint density at radius 2 is 2.15 bits per heavy atom. The molecule has 13 heavy (non-hydrogen) atoms. The van der Waals surface area contributed by atoms with E-state index < -0.39 is 5.82 Å². The number of hydrogen-bond acceptors (Lipinski definition) is 2. The van der Waals surface area contributed by atoms with Gasteiger partial charge in [-0.15, -0.1) is 0 Å². The van der Waals surface area contributed by atoms with Crippen molar-refractivity contribution in [3.05, 3.63) is 35.6 Å². The average Bonchev–Trinajstić information content (AvgIpc) is 2.15. The van der Waals surface area contributed by atoms with Crippen molar-refractivity contribution in [2.24, 2.45) is 0 Å². The maximum Gasteiger partial charge on any atom is 0.216 e. The van der Waals surface area contributed by atoms with Gasteiger partial charge in [-0.1, -0.05) is 19.1 Å². The fourth-order valence-electron chi connectivity index (χ4n) is 0.927. The molecule has 0 aliphatic rings. The van der Waals surface area contributed by atoms with Crippen LogP contribution in [0.5, 0.6) is 0 Å². The van der Waals surface area contributed by atoms with E-state index in [1.165, 1.54) is 12.1 Å². The van der Waals surface area contributed by atoms with Gasteiger partial charge in [0.2, 0.25) is 5.90 Å². The third-order valence-electron chi connectivity index (χ3n) is 1.57. The van der Waals surface area contributed by atoms with Crippen LogP contribution in [-0.2, 0) is 4.74 Å². The summed E-state index contributed by atoms with van der Waals surface area (Å²) in [7, 11) is 0. The third-order valence-corrected chi connectivity index (χ3v) is 1.57. The Morgan fingerprint density at radius 3 is 2.77 bits per heavy atom. The van der Waals surface area contributed by atoms with Crippen LogP contribution < -0.4 is 0 Å². The highest BCUT2D eigenvalue weighted by Crippen LogP contribution is 2.07. The molecule has 0 heterocycles. The van der Waals surface area contributed by atoms with Gasteiger partial charge in [0.15, 0.2) is 0 Å². The van der Waals surface area contributed by atoms with Gasteiger partial charge < -0.3 is 4.74 Å². The second-order valence-electron chi connectivity index (χ2n) is 2.66. The lowest BCUT2D eigenvalue weighted by molar-refractivity contribution is 0.302. The zero-order valence-electron chi connectivity index (χ0n) is 7.51. The van der Waals surface area contributed by atoms with Gasteiger partial charge in [-0.3, -0.25) is 5.41 Å². The molecule has 0 amide bonds. The van der Waals surface area contributed by atoms with E-state index in [4.69, 9.17) is 10.1 Å². The topological polar surface area (TPSA) is 33.1 Å². The van der Waals surface area contributed by atoms with E-state index >= 15 is 0 Å². The van der Waals surface area contributed by atoms with Crippen molar-refractivity contribution in [2.45, 2.75) is 13.3 Å². The molecular weight excluding hydrogens is 169 g/mol. The maximum atomic E-state index is 13.0. The monoisotopic (exact) mass is 181 g/mol. The molecule has 0 aliphatic carbocycles. The predicted molar refractivity (Wildman–Crippen MR) is 49.5 cm³/mol. The largest absolute Gasteiger partial charge is 0.478 e. The van der Waals surface area contributed by atoms with Crippen LogP contribution in [0.4, 0.5) is 4.39 Å². The lowest BCUT2D eigenvalue weighted by atomic mass is 10.2. The van der Waals surface area contributed by atoms with Gasteiger partial charge in [0.25, 0.3) is 0 Å². The van der Waals surface area contributed by atoms with Crippen molar-refractivity contribution in [3.8, 4) is 0 Å². The summed E-state index contributed by atoms with van der Waals surface area (Å²) < 4.78 is 18.0. The molecule has 1 aromatic rings. The van der Waals surface area contributed by atoms with Gasteiger partial charge >= 0.3 is 0 Å². The van der Waals surface area contributed by atoms with Crippen molar-refractivity contribution in [3.63, 3.8) is 0 Å². The molecule has 0 radical (unpaired) electrons. The molecule has 3 heteroatoms. The first-order chi connectivity index (χ1) is 6.25. The number of rotatable bonds is 3.